The summed E-state index contributed by atoms with van der Waals surface area (Å²) in [5, 5.41) is 3.10. The fraction of sp³-hybridized carbons (Fsp3) is 0.385. The van der Waals surface area contributed by atoms with Gasteiger partial charge in [-0.3, -0.25) is 4.79 Å². The van der Waals surface area contributed by atoms with E-state index in [1.807, 2.05) is 32.2 Å². The first kappa shape index (κ1) is 12.6. The number of nitrogens with zero attached hydrogens (tertiary/aromatic N) is 1. The van der Waals surface area contributed by atoms with Gasteiger partial charge < -0.3 is 14.5 Å². The third-order valence-electron chi connectivity index (χ3n) is 2.87. The van der Waals surface area contributed by atoms with Gasteiger partial charge in [0.25, 0.3) is 0 Å². The molecule has 1 N–H and O–H groups in total. The summed E-state index contributed by atoms with van der Waals surface area (Å²) in [5.74, 6) is 0.391. The average Bonchev–Trinajstić information content (AvgIpc) is 2.74. The maximum atomic E-state index is 11.3. The van der Waals surface area contributed by atoms with Crippen LogP contribution < -0.4 is 5.32 Å². The summed E-state index contributed by atoms with van der Waals surface area (Å²) in [5.41, 5.74) is 2.54. The normalized spacial score (nSPS) is 12.6. The van der Waals surface area contributed by atoms with Crippen LogP contribution in [0.15, 0.2) is 22.6 Å². The number of nitrogens with one attached hydrogen (secondary N) is 1. The van der Waals surface area contributed by atoms with Crippen molar-refractivity contribution >= 4 is 17.1 Å². The van der Waals surface area contributed by atoms with E-state index in [0.717, 1.165) is 16.7 Å². The topological polar surface area (TPSA) is 64.4 Å². The van der Waals surface area contributed by atoms with Gasteiger partial charge in [0.2, 0.25) is 0 Å². The van der Waals surface area contributed by atoms with E-state index in [0.29, 0.717) is 5.89 Å². The summed E-state index contributed by atoms with van der Waals surface area (Å²) in [7, 11) is 3.20. The predicted octanol–water partition coefficient (Wildman–Crippen LogP) is 1.96. The zero-order valence-corrected chi connectivity index (χ0v) is 10.7. The summed E-state index contributed by atoms with van der Waals surface area (Å²) >= 11 is 0. The van der Waals surface area contributed by atoms with E-state index in [-0.39, 0.29) is 18.4 Å². The van der Waals surface area contributed by atoms with Gasteiger partial charge in [0.05, 0.1) is 13.5 Å². The summed E-state index contributed by atoms with van der Waals surface area (Å²) in [6.07, 6.45) is 0.287. The highest BCUT2D eigenvalue weighted by Crippen LogP contribution is 2.22. The van der Waals surface area contributed by atoms with Crippen molar-refractivity contribution in [3.63, 3.8) is 0 Å². The second-order valence-corrected chi connectivity index (χ2v) is 4.08. The Morgan fingerprint density at radius 1 is 1.56 bits per heavy atom. The van der Waals surface area contributed by atoms with Crippen molar-refractivity contribution in [3.8, 4) is 0 Å². The minimum atomic E-state index is -0.245. The molecule has 1 aromatic carbocycles. The molecule has 1 aromatic heterocycles. The van der Waals surface area contributed by atoms with Crippen LogP contribution in [0.3, 0.4) is 0 Å². The molecule has 1 atom stereocenters. The lowest BCUT2D eigenvalue weighted by atomic mass is 10.0. The maximum Gasteiger partial charge on any atom is 0.307 e. The third kappa shape index (κ3) is 2.51. The van der Waals surface area contributed by atoms with Gasteiger partial charge >= 0.3 is 5.97 Å². The Bertz CT molecular complexity index is 562. The number of benzene rings is 1. The molecule has 0 fully saturated rings. The average molecular weight is 248 g/mol. The lowest BCUT2D eigenvalue weighted by Gasteiger charge is -2.14. The van der Waals surface area contributed by atoms with E-state index < -0.39 is 0 Å². The molecule has 0 aliphatic rings. The number of aryl methyl sites for hydroxylation is 1. The van der Waals surface area contributed by atoms with Crippen LogP contribution >= 0.6 is 0 Å². The third-order valence-corrected chi connectivity index (χ3v) is 2.87. The maximum absolute atomic E-state index is 11.3. The van der Waals surface area contributed by atoms with Gasteiger partial charge in [-0.2, -0.15) is 0 Å². The van der Waals surface area contributed by atoms with Crippen LogP contribution in [0.4, 0.5) is 0 Å². The molecule has 18 heavy (non-hydrogen) atoms. The van der Waals surface area contributed by atoms with E-state index in [1.54, 1.807) is 0 Å². The molecule has 5 nitrogen and oxygen atoms in total. The zero-order chi connectivity index (χ0) is 13.1. The molecule has 0 amide bonds. The van der Waals surface area contributed by atoms with Crippen LogP contribution in [-0.4, -0.2) is 25.1 Å². The monoisotopic (exact) mass is 248 g/mol. The van der Waals surface area contributed by atoms with E-state index in [9.17, 15) is 4.79 Å². The number of esters is 1. The van der Waals surface area contributed by atoms with Crippen molar-refractivity contribution in [1.29, 1.82) is 0 Å². The number of carbonyl (C=O) groups excluding carboxylic acids is 1. The highest BCUT2D eigenvalue weighted by molar-refractivity contribution is 5.74. The SMILES string of the molecule is CNC(CC(=O)OC)c1ccc2oc(C)nc2c1. The number of hydrogen-bond acceptors (Lipinski definition) is 5. The molecule has 0 radical (unpaired) electrons. The summed E-state index contributed by atoms with van der Waals surface area (Å²) in [4.78, 5) is 15.6. The van der Waals surface area contributed by atoms with Crippen molar-refractivity contribution < 1.29 is 13.9 Å². The molecule has 0 aliphatic carbocycles. The van der Waals surface area contributed by atoms with Gasteiger partial charge in [0.15, 0.2) is 11.5 Å². The first-order valence-corrected chi connectivity index (χ1v) is 5.75. The molecule has 2 rings (SSSR count). The minimum Gasteiger partial charge on any atom is -0.469 e. The van der Waals surface area contributed by atoms with Crippen molar-refractivity contribution in [3.05, 3.63) is 29.7 Å². The van der Waals surface area contributed by atoms with Crippen molar-refractivity contribution in [1.82, 2.24) is 10.3 Å². The molecule has 0 bridgehead atoms. The Morgan fingerprint density at radius 2 is 2.33 bits per heavy atom. The summed E-state index contributed by atoms with van der Waals surface area (Å²) in [6.45, 7) is 1.81. The molecule has 2 aromatic rings. The van der Waals surface area contributed by atoms with Crippen LogP contribution in [0.25, 0.3) is 11.1 Å². The number of oxazole rings is 1. The standard InChI is InChI=1S/C13H16N2O3/c1-8-15-11-6-9(4-5-12(11)18-8)10(14-2)7-13(16)17-3/h4-6,10,14H,7H2,1-3H3. The molecular weight excluding hydrogens is 232 g/mol. The van der Waals surface area contributed by atoms with Crippen molar-refractivity contribution in [2.75, 3.05) is 14.2 Å². The highest BCUT2D eigenvalue weighted by atomic mass is 16.5. The molecule has 0 saturated heterocycles. The van der Waals surface area contributed by atoms with Crippen LogP contribution in [0.5, 0.6) is 0 Å². The number of rotatable bonds is 4. The van der Waals surface area contributed by atoms with Crippen LogP contribution in [0.2, 0.25) is 0 Å². The largest absolute Gasteiger partial charge is 0.469 e. The molecule has 96 valence electrons. The van der Waals surface area contributed by atoms with E-state index >= 15 is 0 Å². The Labute approximate surface area is 105 Å². The minimum absolute atomic E-state index is 0.0844. The summed E-state index contributed by atoms with van der Waals surface area (Å²) < 4.78 is 10.1. The van der Waals surface area contributed by atoms with Crippen LogP contribution in [0, 0.1) is 6.92 Å². The second-order valence-electron chi connectivity index (χ2n) is 4.08. The molecule has 1 unspecified atom stereocenters. The lowest BCUT2D eigenvalue weighted by Crippen LogP contribution is -2.20. The van der Waals surface area contributed by atoms with E-state index in [1.165, 1.54) is 7.11 Å². The van der Waals surface area contributed by atoms with Gasteiger partial charge in [-0.1, -0.05) is 6.07 Å². The number of ether oxygens (including phenoxy) is 1. The Morgan fingerprint density at radius 3 is 3.00 bits per heavy atom. The lowest BCUT2D eigenvalue weighted by molar-refractivity contribution is -0.141. The fourth-order valence-electron chi connectivity index (χ4n) is 1.91. The molecule has 0 spiro atoms. The van der Waals surface area contributed by atoms with Gasteiger partial charge in [-0.25, -0.2) is 4.98 Å². The van der Waals surface area contributed by atoms with Crippen LogP contribution in [-0.2, 0) is 9.53 Å². The number of methoxy groups -OCH3 is 1. The summed E-state index contributed by atoms with van der Waals surface area (Å²) in [6, 6.07) is 5.64. The Hall–Kier alpha value is -1.88. The Balaban J connectivity index is 2.29. The van der Waals surface area contributed by atoms with Crippen molar-refractivity contribution in [2.45, 2.75) is 19.4 Å². The van der Waals surface area contributed by atoms with Gasteiger partial charge in [-0.15, -0.1) is 0 Å². The van der Waals surface area contributed by atoms with E-state index in [4.69, 9.17) is 4.42 Å². The Kier molecular flexibility index (Phi) is 3.62. The second kappa shape index (κ2) is 5.18. The molecule has 1 heterocycles. The van der Waals surface area contributed by atoms with E-state index in [2.05, 4.69) is 15.0 Å². The highest BCUT2D eigenvalue weighted by Gasteiger charge is 2.15. The first-order valence-electron chi connectivity index (χ1n) is 5.75. The predicted molar refractivity (Wildman–Crippen MR) is 67.2 cm³/mol. The molecular formula is C13H16N2O3. The number of fused-ring (bicyclic) bond motifs is 1. The smallest absolute Gasteiger partial charge is 0.307 e. The number of carbonyl (C=O) groups is 1. The fourth-order valence-corrected chi connectivity index (χ4v) is 1.91. The molecule has 0 aliphatic heterocycles. The number of aromatic nitrogens is 1. The zero-order valence-electron chi connectivity index (χ0n) is 10.7. The van der Waals surface area contributed by atoms with Gasteiger partial charge in [-0.05, 0) is 24.7 Å². The first-order chi connectivity index (χ1) is 8.63. The van der Waals surface area contributed by atoms with Gasteiger partial charge in [0.1, 0.15) is 5.52 Å². The molecule has 0 saturated carbocycles. The van der Waals surface area contributed by atoms with Crippen LogP contribution in [0.1, 0.15) is 23.9 Å². The van der Waals surface area contributed by atoms with Crippen molar-refractivity contribution in [2.24, 2.45) is 0 Å². The quantitative estimate of drug-likeness (QED) is 0.838. The molecule has 5 heteroatoms. The van der Waals surface area contributed by atoms with Gasteiger partial charge in [0, 0.05) is 13.0 Å². The number of hydrogen-bond donors (Lipinski definition) is 1.